The van der Waals surface area contributed by atoms with Crippen molar-refractivity contribution in [1.82, 2.24) is 9.97 Å². The summed E-state index contributed by atoms with van der Waals surface area (Å²) in [7, 11) is 0. The van der Waals surface area contributed by atoms with Crippen LogP contribution in [0.25, 0.3) is 22.4 Å². The van der Waals surface area contributed by atoms with E-state index in [0.717, 1.165) is 16.7 Å². The largest absolute Gasteiger partial charge is 0.439 e. The fraction of sp³-hybridized carbons (Fsp3) is 0.0769. The van der Waals surface area contributed by atoms with Gasteiger partial charge in [-0.2, -0.15) is 4.98 Å². The molecule has 0 amide bonds. The number of pyridine rings is 1. The minimum atomic E-state index is 0.644. The average Bonchev–Trinajstić information content (AvgIpc) is 2.70. The van der Waals surface area contributed by atoms with E-state index in [1.165, 1.54) is 0 Å². The van der Waals surface area contributed by atoms with Crippen molar-refractivity contribution in [3.63, 3.8) is 0 Å². The number of fused-ring (bicyclic) bond motifs is 1. The summed E-state index contributed by atoms with van der Waals surface area (Å²) >= 11 is 0. The number of hydrogen-bond acceptors (Lipinski definition) is 3. The van der Waals surface area contributed by atoms with E-state index in [1.807, 2.05) is 43.3 Å². The van der Waals surface area contributed by atoms with Gasteiger partial charge in [-0.3, -0.25) is 0 Å². The molecule has 0 fully saturated rings. The van der Waals surface area contributed by atoms with Crippen molar-refractivity contribution >= 4 is 11.2 Å². The van der Waals surface area contributed by atoms with Gasteiger partial charge in [0, 0.05) is 18.7 Å². The lowest BCUT2D eigenvalue weighted by atomic mass is 10.1. The highest BCUT2D eigenvalue weighted by Crippen LogP contribution is 2.27. The Morgan fingerprint density at radius 2 is 1.88 bits per heavy atom. The highest BCUT2D eigenvalue weighted by atomic mass is 16.3. The van der Waals surface area contributed by atoms with Gasteiger partial charge in [-0.05, 0) is 11.6 Å². The fourth-order valence-corrected chi connectivity index (χ4v) is 1.78. The molecule has 3 nitrogen and oxygen atoms in total. The van der Waals surface area contributed by atoms with Crippen LogP contribution in [0.1, 0.15) is 5.89 Å². The van der Waals surface area contributed by atoms with Gasteiger partial charge in [-0.15, -0.1) is 0 Å². The number of nitrogens with zero attached hydrogens (tertiary/aromatic N) is 2. The topological polar surface area (TPSA) is 38.9 Å². The van der Waals surface area contributed by atoms with Crippen LogP contribution in [0.3, 0.4) is 0 Å². The smallest absolute Gasteiger partial charge is 0.199 e. The summed E-state index contributed by atoms with van der Waals surface area (Å²) in [6, 6.07) is 12.0. The van der Waals surface area contributed by atoms with Crippen LogP contribution in [0.2, 0.25) is 0 Å². The standard InChI is InChI=1S/C13H10N2O/c1-9-15-13-12(16-9)11(7-8-14-13)10-5-3-2-4-6-10/h2-8H,1H3. The zero-order chi connectivity index (χ0) is 11.0. The molecule has 1 aromatic carbocycles. The second-order valence-corrected chi connectivity index (χ2v) is 3.61. The van der Waals surface area contributed by atoms with Crippen LogP contribution >= 0.6 is 0 Å². The van der Waals surface area contributed by atoms with Gasteiger partial charge < -0.3 is 4.42 Å². The molecule has 0 aliphatic rings. The monoisotopic (exact) mass is 210 g/mol. The van der Waals surface area contributed by atoms with Crippen molar-refractivity contribution in [2.24, 2.45) is 0 Å². The van der Waals surface area contributed by atoms with E-state index in [1.54, 1.807) is 6.20 Å². The molecule has 0 unspecified atom stereocenters. The van der Waals surface area contributed by atoms with Crippen LogP contribution in [0, 0.1) is 6.92 Å². The molecule has 0 spiro atoms. The first-order chi connectivity index (χ1) is 7.84. The highest BCUT2D eigenvalue weighted by Gasteiger charge is 2.09. The number of rotatable bonds is 1. The van der Waals surface area contributed by atoms with E-state index in [9.17, 15) is 0 Å². The maximum absolute atomic E-state index is 5.58. The van der Waals surface area contributed by atoms with Gasteiger partial charge in [-0.1, -0.05) is 30.3 Å². The lowest BCUT2D eigenvalue weighted by Crippen LogP contribution is -1.81. The molecule has 0 atom stereocenters. The average molecular weight is 210 g/mol. The summed E-state index contributed by atoms with van der Waals surface area (Å²) in [4.78, 5) is 8.40. The molecule has 3 heteroatoms. The Kier molecular flexibility index (Phi) is 1.96. The highest BCUT2D eigenvalue weighted by molar-refractivity contribution is 5.87. The summed E-state index contributed by atoms with van der Waals surface area (Å²) in [5, 5.41) is 0. The van der Waals surface area contributed by atoms with Crippen molar-refractivity contribution in [3.05, 3.63) is 48.5 Å². The summed E-state index contributed by atoms with van der Waals surface area (Å²) in [6.45, 7) is 1.83. The van der Waals surface area contributed by atoms with Gasteiger partial charge in [0.05, 0.1) is 0 Å². The molecular formula is C13H10N2O. The zero-order valence-electron chi connectivity index (χ0n) is 8.84. The summed E-state index contributed by atoms with van der Waals surface area (Å²) in [6.07, 6.45) is 1.76. The van der Waals surface area contributed by atoms with Crippen molar-refractivity contribution in [1.29, 1.82) is 0 Å². The SMILES string of the molecule is Cc1nc2nccc(-c3ccccc3)c2o1. The van der Waals surface area contributed by atoms with Crippen LogP contribution in [0.15, 0.2) is 47.0 Å². The first-order valence-electron chi connectivity index (χ1n) is 5.12. The first-order valence-corrected chi connectivity index (χ1v) is 5.12. The molecule has 0 aliphatic heterocycles. The Morgan fingerprint density at radius 3 is 2.69 bits per heavy atom. The Labute approximate surface area is 92.8 Å². The predicted molar refractivity (Wildman–Crippen MR) is 62.0 cm³/mol. The number of aryl methyl sites for hydroxylation is 1. The van der Waals surface area contributed by atoms with Gasteiger partial charge in [0.1, 0.15) is 0 Å². The molecular weight excluding hydrogens is 200 g/mol. The third-order valence-corrected chi connectivity index (χ3v) is 2.48. The Balaban J connectivity index is 2.31. The molecule has 2 aromatic heterocycles. The van der Waals surface area contributed by atoms with Gasteiger partial charge in [-0.25, -0.2) is 4.98 Å². The fourth-order valence-electron chi connectivity index (χ4n) is 1.78. The minimum Gasteiger partial charge on any atom is -0.439 e. The normalized spacial score (nSPS) is 10.8. The lowest BCUT2D eigenvalue weighted by Gasteiger charge is -2.00. The lowest BCUT2D eigenvalue weighted by molar-refractivity contribution is 0.562. The second kappa shape index (κ2) is 3.45. The molecule has 0 aliphatic carbocycles. The third-order valence-electron chi connectivity index (χ3n) is 2.48. The molecule has 2 heterocycles. The van der Waals surface area contributed by atoms with E-state index in [-0.39, 0.29) is 0 Å². The number of aromatic nitrogens is 2. The molecule has 16 heavy (non-hydrogen) atoms. The number of hydrogen-bond donors (Lipinski definition) is 0. The molecule has 0 saturated heterocycles. The second-order valence-electron chi connectivity index (χ2n) is 3.61. The van der Waals surface area contributed by atoms with E-state index >= 15 is 0 Å². The summed E-state index contributed by atoms with van der Waals surface area (Å²) in [5.41, 5.74) is 3.57. The van der Waals surface area contributed by atoms with Gasteiger partial charge in [0.25, 0.3) is 0 Å². The van der Waals surface area contributed by atoms with Crippen LogP contribution < -0.4 is 0 Å². The van der Waals surface area contributed by atoms with Crippen molar-refractivity contribution in [2.45, 2.75) is 6.92 Å². The summed E-state index contributed by atoms with van der Waals surface area (Å²) < 4.78 is 5.58. The van der Waals surface area contributed by atoms with Crippen molar-refractivity contribution in [3.8, 4) is 11.1 Å². The quantitative estimate of drug-likeness (QED) is 0.619. The van der Waals surface area contributed by atoms with E-state index in [4.69, 9.17) is 4.42 Å². The molecule has 0 saturated carbocycles. The number of benzene rings is 1. The minimum absolute atomic E-state index is 0.644. The Morgan fingerprint density at radius 1 is 1.06 bits per heavy atom. The molecule has 3 aromatic rings. The zero-order valence-corrected chi connectivity index (χ0v) is 8.84. The maximum atomic E-state index is 5.58. The molecule has 0 bridgehead atoms. The van der Waals surface area contributed by atoms with Crippen molar-refractivity contribution in [2.75, 3.05) is 0 Å². The molecule has 78 valence electrons. The third kappa shape index (κ3) is 1.37. The molecule has 0 radical (unpaired) electrons. The van der Waals surface area contributed by atoms with E-state index in [0.29, 0.717) is 11.5 Å². The van der Waals surface area contributed by atoms with Gasteiger partial charge in [0.15, 0.2) is 17.1 Å². The van der Waals surface area contributed by atoms with Crippen LogP contribution in [0.5, 0.6) is 0 Å². The Bertz CT molecular complexity index is 629. The van der Waals surface area contributed by atoms with Crippen LogP contribution in [0.4, 0.5) is 0 Å². The number of oxazole rings is 1. The van der Waals surface area contributed by atoms with E-state index in [2.05, 4.69) is 9.97 Å². The van der Waals surface area contributed by atoms with E-state index < -0.39 is 0 Å². The predicted octanol–water partition coefficient (Wildman–Crippen LogP) is 3.20. The van der Waals surface area contributed by atoms with Gasteiger partial charge in [0.2, 0.25) is 0 Å². The van der Waals surface area contributed by atoms with Crippen LogP contribution in [-0.4, -0.2) is 9.97 Å². The first kappa shape index (κ1) is 9.09. The summed E-state index contributed by atoms with van der Waals surface area (Å²) in [5.74, 6) is 0.644. The molecule has 0 N–H and O–H groups in total. The Hall–Kier alpha value is -2.16. The maximum Gasteiger partial charge on any atom is 0.199 e. The van der Waals surface area contributed by atoms with Crippen molar-refractivity contribution < 1.29 is 4.42 Å². The van der Waals surface area contributed by atoms with Crippen LogP contribution in [-0.2, 0) is 0 Å². The van der Waals surface area contributed by atoms with Gasteiger partial charge >= 0.3 is 0 Å². The molecule has 3 rings (SSSR count).